The molecule has 2 amide bonds. The maximum Gasteiger partial charge on any atom is 0.416 e. The molecule has 3 aromatic rings. The highest BCUT2D eigenvalue weighted by atomic mass is 19.4. The molecular weight excluding hydrogens is 382 g/mol. The standard InChI is InChI=1S/C17H15F4N5O2/c1-7-3-9(18)4-11-8(2)13(28-12(7)11)14(17(19,20)21)26-16(27)25-10-5-23-15(22)24-6-10/h3-6,14H,1-2H3,(H2,22,23,24)(H2,25,26,27)/t14-/m0/s1. The van der Waals surface area contributed by atoms with Crippen molar-refractivity contribution < 1.29 is 26.8 Å². The van der Waals surface area contributed by atoms with Crippen LogP contribution in [0.2, 0.25) is 0 Å². The van der Waals surface area contributed by atoms with Crippen molar-refractivity contribution in [2.24, 2.45) is 0 Å². The van der Waals surface area contributed by atoms with Gasteiger partial charge < -0.3 is 20.8 Å². The number of fused-ring (bicyclic) bond motifs is 1. The number of nitrogens with two attached hydrogens (primary N) is 1. The Hall–Kier alpha value is -3.37. The predicted molar refractivity (Wildman–Crippen MR) is 93.0 cm³/mol. The van der Waals surface area contributed by atoms with Crippen molar-refractivity contribution in [2.75, 3.05) is 11.1 Å². The van der Waals surface area contributed by atoms with Crippen LogP contribution in [0.5, 0.6) is 0 Å². The summed E-state index contributed by atoms with van der Waals surface area (Å²) in [4.78, 5) is 19.3. The average molecular weight is 397 g/mol. The molecule has 0 unspecified atom stereocenters. The molecule has 0 fully saturated rings. The molecule has 1 aromatic carbocycles. The Morgan fingerprint density at radius 1 is 1.21 bits per heavy atom. The third kappa shape index (κ3) is 3.82. The number of nitrogens with one attached hydrogen (secondary N) is 2. The molecule has 2 aromatic heterocycles. The Balaban J connectivity index is 1.94. The molecule has 1 atom stereocenters. The highest BCUT2D eigenvalue weighted by Crippen LogP contribution is 2.39. The third-order valence-electron chi connectivity index (χ3n) is 4.02. The lowest BCUT2D eigenvalue weighted by atomic mass is 10.1. The number of anilines is 2. The number of carbonyl (C=O) groups excluding carboxylic acids is 1. The van der Waals surface area contributed by atoms with Crippen molar-refractivity contribution in [3.8, 4) is 0 Å². The average Bonchev–Trinajstić information content (AvgIpc) is 2.91. The second kappa shape index (κ2) is 6.98. The number of furan rings is 1. The summed E-state index contributed by atoms with van der Waals surface area (Å²) in [5.74, 6) is -1.18. The third-order valence-corrected chi connectivity index (χ3v) is 4.02. The number of hydrogen-bond acceptors (Lipinski definition) is 5. The molecule has 7 nitrogen and oxygen atoms in total. The first-order valence-electron chi connectivity index (χ1n) is 7.97. The summed E-state index contributed by atoms with van der Waals surface area (Å²) in [5.41, 5.74) is 5.90. The van der Waals surface area contributed by atoms with E-state index in [2.05, 4.69) is 15.3 Å². The first-order valence-corrected chi connectivity index (χ1v) is 7.97. The SMILES string of the molecule is Cc1c([C@H](NC(=O)Nc2cnc(N)nc2)C(F)(F)F)oc2c(C)cc(F)cc12. The number of carbonyl (C=O) groups is 1. The van der Waals surface area contributed by atoms with Gasteiger partial charge in [-0.2, -0.15) is 13.2 Å². The molecule has 0 aliphatic rings. The van der Waals surface area contributed by atoms with E-state index >= 15 is 0 Å². The van der Waals surface area contributed by atoms with Gasteiger partial charge in [-0.1, -0.05) is 0 Å². The van der Waals surface area contributed by atoms with Gasteiger partial charge in [-0.3, -0.25) is 0 Å². The molecule has 0 aliphatic heterocycles. The Bertz CT molecular complexity index is 1030. The molecule has 11 heteroatoms. The van der Waals surface area contributed by atoms with Crippen molar-refractivity contribution in [3.05, 3.63) is 47.2 Å². The number of rotatable bonds is 3. The number of urea groups is 1. The monoisotopic (exact) mass is 397 g/mol. The first kappa shape index (κ1) is 19.4. The van der Waals surface area contributed by atoms with E-state index in [0.717, 1.165) is 24.5 Å². The van der Waals surface area contributed by atoms with Gasteiger partial charge in [0.1, 0.15) is 17.2 Å². The smallest absolute Gasteiger partial charge is 0.416 e. The van der Waals surface area contributed by atoms with Crippen LogP contribution in [0, 0.1) is 19.7 Å². The van der Waals surface area contributed by atoms with Gasteiger partial charge >= 0.3 is 12.2 Å². The summed E-state index contributed by atoms with van der Waals surface area (Å²) in [5, 5.41) is 4.21. The van der Waals surface area contributed by atoms with Gasteiger partial charge in [0.05, 0.1) is 18.1 Å². The van der Waals surface area contributed by atoms with E-state index in [1.807, 2.05) is 5.32 Å². The predicted octanol–water partition coefficient (Wildman–Crippen LogP) is 3.99. The lowest BCUT2D eigenvalue weighted by molar-refractivity contribution is -0.158. The second-order valence-electron chi connectivity index (χ2n) is 6.09. The van der Waals surface area contributed by atoms with Crippen LogP contribution in [0.1, 0.15) is 22.9 Å². The normalized spacial score (nSPS) is 12.8. The second-order valence-corrected chi connectivity index (χ2v) is 6.09. The van der Waals surface area contributed by atoms with E-state index in [1.54, 1.807) is 0 Å². The fourth-order valence-electron chi connectivity index (χ4n) is 2.74. The van der Waals surface area contributed by atoms with Crippen LogP contribution in [0.15, 0.2) is 28.9 Å². The summed E-state index contributed by atoms with van der Waals surface area (Å²) in [7, 11) is 0. The van der Waals surface area contributed by atoms with Gasteiger partial charge in [-0.05, 0) is 31.5 Å². The Morgan fingerprint density at radius 2 is 1.86 bits per heavy atom. The zero-order valence-corrected chi connectivity index (χ0v) is 14.7. The molecule has 0 radical (unpaired) electrons. The summed E-state index contributed by atoms with van der Waals surface area (Å²) in [6.45, 7) is 2.88. The minimum absolute atomic E-state index is 0.0480. The molecular formula is C17H15F4N5O2. The van der Waals surface area contributed by atoms with E-state index in [4.69, 9.17) is 10.2 Å². The van der Waals surface area contributed by atoms with E-state index in [-0.39, 0.29) is 28.2 Å². The van der Waals surface area contributed by atoms with Crippen LogP contribution in [0.25, 0.3) is 11.0 Å². The minimum Gasteiger partial charge on any atom is -0.458 e. The highest BCUT2D eigenvalue weighted by molar-refractivity contribution is 5.90. The number of aromatic nitrogens is 2. The maximum atomic E-state index is 13.6. The molecule has 4 N–H and O–H groups in total. The van der Waals surface area contributed by atoms with E-state index in [0.29, 0.717) is 5.56 Å². The molecule has 148 valence electrons. The molecule has 2 heterocycles. The van der Waals surface area contributed by atoms with Crippen molar-refractivity contribution in [1.82, 2.24) is 15.3 Å². The number of nitrogen functional groups attached to an aromatic ring is 1. The number of nitrogens with zero attached hydrogens (tertiary/aromatic N) is 2. The van der Waals surface area contributed by atoms with Crippen LogP contribution >= 0.6 is 0 Å². The minimum atomic E-state index is -4.86. The Morgan fingerprint density at radius 3 is 2.46 bits per heavy atom. The van der Waals surface area contributed by atoms with Crippen LogP contribution in [-0.2, 0) is 0 Å². The number of halogens is 4. The lowest BCUT2D eigenvalue weighted by Crippen LogP contribution is -2.40. The fourth-order valence-corrected chi connectivity index (χ4v) is 2.74. The number of alkyl halides is 3. The zero-order valence-electron chi connectivity index (χ0n) is 14.7. The topological polar surface area (TPSA) is 106 Å². The van der Waals surface area contributed by atoms with Crippen molar-refractivity contribution >= 4 is 28.6 Å². The Kier molecular flexibility index (Phi) is 4.84. The quantitative estimate of drug-likeness (QED) is 0.580. The number of benzene rings is 1. The highest BCUT2D eigenvalue weighted by Gasteiger charge is 2.45. The summed E-state index contributed by atoms with van der Waals surface area (Å²) < 4.78 is 59.9. The van der Waals surface area contributed by atoms with Crippen molar-refractivity contribution in [1.29, 1.82) is 0 Å². The molecule has 0 aliphatic carbocycles. The number of amides is 2. The van der Waals surface area contributed by atoms with Gasteiger partial charge in [0.15, 0.2) is 6.04 Å². The largest absolute Gasteiger partial charge is 0.458 e. The number of aryl methyl sites for hydroxylation is 2. The summed E-state index contributed by atoms with van der Waals surface area (Å²) in [6.07, 6.45) is -2.58. The fraction of sp³-hybridized carbons (Fsp3) is 0.235. The molecule has 28 heavy (non-hydrogen) atoms. The van der Waals surface area contributed by atoms with Gasteiger partial charge in [0, 0.05) is 10.9 Å². The Labute approximate surface area is 155 Å². The summed E-state index contributed by atoms with van der Waals surface area (Å²) >= 11 is 0. The van der Waals surface area contributed by atoms with Gasteiger partial charge in [0.25, 0.3) is 0 Å². The van der Waals surface area contributed by atoms with Crippen LogP contribution in [-0.4, -0.2) is 22.2 Å². The van der Waals surface area contributed by atoms with Gasteiger partial charge in [0.2, 0.25) is 5.95 Å². The van der Waals surface area contributed by atoms with Crippen LogP contribution < -0.4 is 16.4 Å². The molecule has 0 saturated heterocycles. The first-order chi connectivity index (χ1) is 13.1. The van der Waals surface area contributed by atoms with Crippen LogP contribution in [0.3, 0.4) is 0 Å². The maximum absolute atomic E-state index is 13.6. The molecule has 0 spiro atoms. The number of hydrogen-bond donors (Lipinski definition) is 3. The zero-order chi connectivity index (χ0) is 20.6. The van der Waals surface area contributed by atoms with Gasteiger partial charge in [-0.15, -0.1) is 0 Å². The molecule has 0 bridgehead atoms. The molecule has 0 saturated carbocycles. The van der Waals surface area contributed by atoms with E-state index in [1.165, 1.54) is 13.8 Å². The summed E-state index contributed by atoms with van der Waals surface area (Å²) in [6, 6.07) is -1.36. The lowest BCUT2D eigenvalue weighted by Gasteiger charge is -2.20. The van der Waals surface area contributed by atoms with E-state index < -0.39 is 29.8 Å². The molecule has 3 rings (SSSR count). The van der Waals surface area contributed by atoms with Crippen molar-refractivity contribution in [3.63, 3.8) is 0 Å². The van der Waals surface area contributed by atoms with E-state index in [9.17, 15) is 22.4 Å². The van der Waals surface area contributed by atoms with Crippen LogP contribution in [0.4, 0.5) is 34.0 Å². The van der Waals surface area contributed by atoms with Gasteiger partial charge in [-0.25, -0.2) is 19.2 Å². The van der Waals surface area contributed by atoms with Crippen molar-refractivity contribution in [2.45, 2.75) is 26.1 Å².